The van der Waals surface area contributed by atoms with Crippen LogP contribution in [0.2, 0.25) is 0 Å². The third-order valence-electron chi connectivity index (χ3n) is 6.66. The van der Waals surface area contributed by atoms with Gasteiger partial charge in [-0.25, -0.2) is 0 Å². The van der Waals surface area contributed by atoms with Gasteiger partial charge in [0, 0.05) is 51.6 Å². The highest BCUT2D eigenvalue weighted by Crippen LogP contribution is 2.33. The highest BCUT2D eigenvalue weighted by Gasteiger charge is 2.39. The summed E-state index contributed by atoms with van der Waals surface area (Å²) < 4.78 is 5.38. The molecule has 3 aliphatic rings. The lowest BCUT2D eigenvalue weighted by Gasteiger charge is -2.23. The molecular formula is C22H31N3O3. The Morgan fingerprint density at radius 2 is 1.75 bits per heavy atom. The van der Waals surface area contributed by atoms with Crippen molar-refractivity contribution in [1.29, 1.82) is 0 Å². The summed E-state index contributed by atoms with van der Waals surface area (Å²) in [5.41, 5.74) is 1.24. The average Bonchev–Trinajstić information content (AvgIpc) is 3.35. The van der Waals surface area contributed by atoms with Crippen LogP contribution >= 0.6 is 0 Å². The molecule has 6 nitrogen and oxygen atoms in total. The van der Waals surface area contributed by atoms with Crippen LogP contribution in [0.15, 0.2) is 24.5 Å². The second kappa shape index (κ2) is 9.03. The van der Waals surface area contributed by atoms with E-state index in [-0.39, 0.29) is 17.7 Å². The van der Waals surface area contributed by atoms with E-state index in [1.807, 2.05) is 12.1 Å². The fraction of sp³-hybridized carbons (Fsp3) is 0.682. The maximum atomic E-state index is 12.7. The number of carbonyl (C=O) groups is 2. The number of aromatic nitrogens is 1. The molecule has 4 heterocycles. The number of nitrogens with zero attached hydrogens (tertiary/aromatic N) is 3. The van der Waals surface area contributed by atoms with E-state index in [9.17, 15) is 9.59 Å². The van der Waals surface area contributed by atoms with Crippen LogP contribution in [0.4, 0.5) is 0 Å². The van der Waals surface area contributed by atoms with Gasteiger partial charge in [-0.05, 0) is 61.6 Å². The molecule has 0 aromatic carbocycles. The molecule has 28 heavy (non-hydrogen) atoms. The van der Waals surface area contributed by atoms with Crippen molar-refractivity contribution in [2.24, 2.45) is 17.8 Å². The average molecular weight is 386 g/mol. The van der Waals surface area contributed by atoms with Gasteiger partial charge in [0.1, 0.15) is 0 Å². The van der Waals surface area contributed by atoms with E-state index < -0.39 is 0 Å². The van der Waals surface area contributed by atoms with Crippen molar-refractivity contribution in [2.75, 3.05) is 39.4 Å². The number of carbonyl (C=O) groups excluding carboxylic acids is 2. The monoisotopic (exact) mass is 385 g/mol. The molecule has 6 heteroatoms. The molecule has 1 aromatic heterocycles. The number of amides is 2. The first-order valence-corrected chi connectivity index (χ1v) is 10.7. The predicted molar refractivity (Wildman–Crippen MR) is 105 cm³/mol. The van der Waals surface area contributed by atoms with Crippen molar-refractivity contribution < 1.29 is 14.3 Å². The van der Waals surface area contributed by atoms with Crippen LogP contribution in [0.3, 0.4) is 0 Å². The molecule has 3 aliphatic heterocycles. The Labute approximate surface area is 167 Å². The summed E-state index contributed by atoms with van der Waals surface area (Å²) >= 11 is 0. The molecule has 2 amide bonds. The topological polar surface area (TPSA) is 62.7 Å². The number of hydrogen-bond acceptors (Lipinski definition) is 4. The molecule has 0 saturated carbocycles. The van der Waals surface area contributed by atoms with Gasteiger partial charge in [0.05, 0.1) is 12.5 Å². The zero-order valence-corrected chi connectivity index (χ0v) is 16.6. The van der Waals surface area contributed by atoms with Crippen LogP contribution in [-0.4, -0.2) is 66.0 Å². The van der Waals surface area contributed by atoms with Gasteiger partial charge >= 0.3 is 0 Å². The second-order valence-electron chi connectivity index (χ2n) is 8.49. The van der Waals surface area contributed by atoms with Crippen molar-refractivity contribution >= 4 is 11.8 Å². The highest BCUT2D eigenvalue weighted by molar-refractivity contribution is 5.79. The Morgan fingerprint density at radius 3 is 2.39 bits per heavy atom. The van der Waals surface area contributed by atoms with E-state index in [0.29, 0.717) is 24.9 Å². The Bertz CT molecular complexity index is 659. The molecule has 1 aromatic rings. The van der Waals surface area contributed by atoms with E-state index in [1.165, 1.54) is 5.56 Å². The van der Waals surface area contributed by atoms with Gasteiger partial charge in [0.15, 0.2) is 0 Å². The van der Waals surface area contributed by atoms with Crippen LogP contribution in [0.5, 0.6) is 0 Å². The van der Waals surface area contributed by atoms with Gasteiger partial charge in [0.2, 0.25) is 11.8 Å². The van der Waals surface area contributed by atoms with Gasteiger partial charge in [-0.2, -0.15) is 0 Å². The summed E-state index contributed by atoms with van der Waals surface area (Å²) in [6.45, 7) is 4.71. The van der Waals surface area contributed by atoms with E-state index in [4.69, 9.17) is 4.74 Å². The van der Waals surface area contributed by atoms with Gasteiger partial charge in [-0.3, -0.25) is 14.6 Å². The van der Waals surface area contributed by atoms with Gasteiger partial charge in [-0.15, -0.1) is 0 Å². The number of aryl methyl sites for hydroxylation is 1. The summed E-state index contributed by atoms with van der Waals surface area (Å²) in [5.74, 6) is 1.72. The first-order chi connectivity index (χ1) is 13.7. The van der Waals surface area contributed by atoms with E-state index >= 15 is 0 Å². The number of pyridine rings is 1. The van der Waals surface area contributed by atoms with Crippen LogP contribution in [0.25, 0.3) is 0 Å². The van der Waals surface area contributed by atoms with Crippen molar-refractivity contribution in [3.63, 3.8) is 0 Å². The second-order valence-corrected chi connectivity index (χ2v) is 8.49. The van der Waals surface area contributed by atoms with E-state index in [2.05, 4.69) is 14.8 Å². The third kappa shape index (κ3) is 4.54. The minimum Gasteiger partial charge on any atom is -0.381 e. The molecule has 0 N–H and O–H groups in total. The van der Waals surface area contributed by atoms with Crippen LogP contribution in [0.1, 0.15) is 37.7 Å². The van der Waals surface area contributed by atoms with E-state index in [0.717, 1.165) is 64.9 Å². The Morgan fingerprint density at radius 1 is 1.04 bits per heavy atom. The fourth-order valence-electron chi connectivity index (χ4n) is 4.92. The quantitative estimate of drug-likeness (QED) is 0.779. The van der Waals surface area contributed by atoms with Gasteiger partial charge < -0.3 is 14.5 Å². The lowest BCUT2D eigenvalue weighted by atomic mass is 9.92. The Hall–Kier alpha value is -1.95. The first-order valence-electron chi connectivity index (χ1n) is 10.7. The third-order valence-corrected chi connectivity index (χ3v) is 6.66. The number of rotatable bonds is 5. The molecule has 0 bridgehead atoms. The lowest BCUT2D eigenvalue weighted by molar-refractivity contribution is -0.135. The maximum absolute atomic E-state index is 12.7. The van der Waals surface area contributed by atoms with E-state index in [1.54, 1.807) is 12.4 Å². The molecule has 3 saturated heterocycles. The summed E-state index contributed by atoms with van der Waals surface area (Å²) in [7, 11) is 0. The summed E-state index contributed by atoms with van der Waals surface area (Å²) in [6.07, 6.45) is 8.94. The smallest absolute Gasteiger partial charge is 0.228 e. The largest absolute Gasteiger partial charge is 0.381 e. The minimum absolute atomic E-state index is 0.0702. The molecule has 4 rings (SSSR count). The number of likely N-dealkylation sites (tertiary alicyclic amines) is 2. The molecule has 0 radical (unpaired) electrons. The SMILES string of the molecule is O=C(CCCc1ccncc1)N1CC[C@H]2CN(C(=O)C3CCOC3)C[C@@H]2CC1. The van der Waals surface area contributed by atoms with Crippen molar-refractivity contribution in [3.8, 4) is 0 Å². The molecular weight excluding hydrogens is 354 g/mol. The molecule has 0 spiro atoms. The number of ether oxygens (including phenoxy) is 1. The standard InChI is InChI=1S/C22H31N3O3/c26-21(3-1-2-17-4-9-23-10-5-17)24-11-6-18-14-25(15-19(18)7-12-24)22(27)20-8-13-28-16-20/h4-5,9-10,18-20H,1-3,6-8,11-16H2/t18-,19-,20?/m0/s1. The zero-order chi connectivity index (χ0) is 19.3. The van der Waals surface area contributed by atoms with Crippen LogP contribution < -0.4 is 0 Å². The van der Waals surface area contributed by atoms with Gasteiger partial charge in [-0.1, -0.05) is 0 Å². The van der Waals surface area contributed by atoms with Gasteiger partial charge in [0.25, 0.3) is 0 Å². The van der Waals surface area contributed by atoms with Crippen LogP contribution in [0, 0.1) is 17.8 Å². The first kappa shape index (κ1) is 19.4. The summed E-state index contributed by atoms with van der Waals surface area (Å²) in [4.78, 5) is 33.5. The summed E-state index contributed by atoms with van der Waals surface area (Å²) in [6, 6.07) is 4.03. The molecule has 1 unspecified atom stereocenters. The highest BCUT2D eigenvalue weighted by atomic mass is 16.5. The molecule has 3 atom stereocenters. The lowest BCUT2D eigenvalue weighted by Crippen LogP contribution is -2.36. The summed E-state index contributed by atoms with van der Waals surface area (Å²) in [5, 5.41) is 0. The number of fused-ring (bicyclic) bond motifs is 1. The molecule has 152 valence electrons. The van der Waals surface area contributed by atoms with Crippen LogP contribution in [-0.2, 0) is 20.7 Å². The van der Waals surface area contributed by atoms with Crippen molar-refractivity contribution in [3.05, 3.63) is 30.1 Å². The predicted octanol–water partition coefficient (Wildman–Crippen LogP) is 2.14. The maximum Gasteiger partial charge on any atom is 0.228 e. The zero-order valence-electron chi connectivity index (χ0n) is 16.6. The minimum atomic E-state index is 0.0702. The van der Waals surface area contributed by atoms with Crippen molar-refractivity contribution in [2.45, 2.75) is 38.5 Å². The normalized spacial score (nSPS) is 27.5. The van der Waals surface area contributed by atoms with Crippen molar-refractivity contribution in [1.82, 2.24) is 14.8 Å². The molecule has 0 aliphatic carbocycles. The number of hydrogen-bond donors (Lipinski definition) is 0. The molecule has 3 fully saturated rings. The fourth-order valence-corrected chi connectivity index (χ4v) is 4.92. The Balaban J connectivity index is 1.22. The Kier molecular flexibility index (Phi) is 6.25.